The van der Waals surface area contributed by atoms with Crippen molar-refractivity contribution >= 4 is 23.8 Å². The molecule has 4 aromatic rings. The summed E-state index contributed by atoms with van der Waals surface area (Å²) in [5.41, 5.74) is 5.62. The second kappa shape index (κ2) is 16.3. The maximum Gasteiger partial charge on any atom is 0.325 e. The second-order valence-corrected chi connectivity index (χ2v) is 11.8. The zero-order valence-corrected chi connectivity index (χ0v) is 26.6. The zero-order chi connectivity index (χ0) is 32.3. The summed E-state index contributed by atoms with van der Waals surface area (Å²) in [7, 11) is 0. The monoisotopic (exact) mass is 642 g/mol. The Morgan fingerprint density at radius 1 is 0.913 bits per heavy atom. The smallest absolute Gasteiger partial charge is 0.325 e. The minimum atomic E-state index is -0.602. The van der Waals surface area contributed by atoms with Gasteiger partial charge < -0.3 is 30.0 Å². The normalized spacial score (nSPS) is 19.3. The molecule has 0 aliphatic carbocycles. The van der Waals surface area contributed by atoms with Crippen molar-refractivity contribution in [1.82, 2.24) is 20.6 Å². The third kappa shape index (κ3) is 8.70. The highest BCUT2D eigenvalue weighted by Crippen LogP contribution is 2.43. The van der Waals surface area contributed by atoms with Crippen LogP contribution in [0.25, 0.3) is 11.1 Å². The third-order valence-electron chi connectivity index (χ3n) is 7.69. The molecule has 11 heteroatoms. The van der Waals surface area contributed by atoms with Crippen molar-refractivity contribution in [2.24, 2.45) is 5.92 Å². The molecule has 0 spiro atoms. The van der Waals surface area contributed by atoms with Crippen LogP contribution in [0, 0.1) is 5.92 Å². The van der Waals surface area contributed by atoms with Crippen LogP contribution in [0.2, 0.25) is 0 Å². The van der Waals surface area contributed by atoms with E-state index in [2.05, 4.69) is 27.5 Å². The average Bonchev–Trinajstić information content (AvgIpc) is 3.10. The highest BCUT2D eigenvalue weighted by Gasteiger charge is 2.38. The number of carbonyl (C=O) groups is 2. The van der Waals surface area contributed by atoms with Gasteiger partial charge in [0.25, 0.3) is 0 Å². The third-order valence-corrected chi connectivity index (χ3v) is 8.66. The van der Waals surface area contributed by atoms with Crippen LogP contribution in [-0.4, -0.2) is 52.1 Å². The quantitative estimate of drug-likeness (QED) is 0.103. The molecular weight excluding hydrogens is 604 g/mol. The van der Waals surface area contributed by atoms with E-state index in [4.69, 9.17) is 14.2 Å². The van der Waals surface area contributed by atoms with E-state index < -0.39 is 18.3 Å². The zero-order valence-electron chi connectivity index (χ0n) is 25.8. The standard InChI is InChI=1S/C35H38N4O6S/c1-3-43-31(41)20-39-34(42)38-19-28-7-4-5-8-29(28)25-13-15-27(16-14-25)33-44-30(22-46-35-36-17-6-18-37-35)23(2)32(45-33)26-11-9-24(21-40)10-12-26/h4-18,23,30,32-33,40H,3,19-22H2,1-2H3,(H2,38,39,42). The van der Waals surface area contributed by atoms with E-state index >= 15 is 0 Å². The first-order valence-electron chi connectivity index (χ1n) is 15.2. The summed E-state index contributed by atoms with van der Waals surface area (Å²) >= 11 is 1.55. The van der Waals surface area contributed by atoms with Gasteiger partial charge in [-0.1, -0.05) is 91.5 Å². The van der Waals surface area contributed by atoms with Gasteiger partial charge in [-0.2, -0.15) is 0 Å². The van der Waals surface area contributed by atoms with Gasteiger partial charge in [-0.05, 0) is 40.8 Å². The summed E-state index contributed by atoms with van der Waals surface area (Å²) in [6, 6.07) is 25.1. The maximum atomic E-state index is 12.3. The van der Waals surface area contributed by atoms with Crippen molar-refractivity contribution in [2.45, 2.75) is 50.7 Å². The van der Waals surface area contributed by atoms with Crippen LogP contribution in [0.1, 0.15) is 48.5 Å². The number of ether oxygens (including phenoxy) is 3. The largest absolute Gasteiger partial charge is 0.465 e. The number of nitrogens with one attached hydrogen (secondary N) is 2. The number of carbonyl (C=O) groups excluding carboxylic acids is 2. The summed E-state index contributed by atoms with van der Waals surface area (Å²) in [5, 5.41) is 15.5. The first kappa shape index (κ1) is 33.1. The number of thioether (sulfide) groups is 1. The van der Waals surface area contributed by atoms with Crippen LogP contribution >= 0.6 is 11.8 Å². The predicted octanol–water partition coefficient (Wildman–Crippen LogP) is 5.58. The summed E-state index contributed by atoms with van der Waals surface area (Å²) in [6.07, 6.45) is 2.49. The van der Waals surface area contributed by atoms with Gasteiger partial charge in [0.05, 0.1) is 25.4 Å². The van der Waals surface area contributed by atoms with Crippen molar-refractivity contribution in [1.29, 1.82) is 0 Å². The first-order chi connectivity index (χ1) is 22.4. The molecule has 4 atom stereocenters. The Hall–Kier alpha value is -4.29. The number of hydrogen-bond donors (Lipinski definition) is 3. The van der Waals surface area contributed by atoms with Gasteiger partial charge in [-0.3, -0.25) is 4.79 Å². The van der Waals surface area contributed by atoms with Gasteiger partial charge >= 0.3 is 12.0 Å². The Kier molecular flexibility index (Phi) is 11.7. The number of esters is 1. The van der Waals surface area contributed by atoms with E-state index in [9.17, 15) is 14.7 Å². The predicted molar refractivity (Wildman–Crippen MR) is 174 cm³/mol. The molecular formula is C35H38N4O6S. The lowest BCUT2D eigenvalue weighted by Gasteiger charge is -2.41. The van der Waals surface area contributed by atoms with E-state index in [1.165, 1.54) is 0 Å². The molecule has 2 heterocycles. The minimum Gasteiger partial charge on any atom is -0.465 e. The highest BCUT2D eigenvalue weighted by atomic mass is 32.2. The van der Waals surface area contributed by atoms with E-state index in [0.29, 0.717) is 10.9 Å². The molecule has 3 aromatic carbocycles. The Bertz CT molecular complexity index is 1570. The van der Waals surface area contributed by atoms with Gasteiger partial charge in [0.1, 0.15) is 6.54 Å². The van der Waals surface area contributed by atoms with Crippen molar-refractivity contribution < 1.29 is 28.9 Å². The Morgan fingerprint density at radius 3 is 2.35 bits per heavy atom. The molecule has 1 saturated heterocycles. The Morgan fingerprint density at radius 2 is 1.63 bits per heavy atom. The lowest BCUT2D eigenvalue weighted by molar-refractivity contribution is -0.268. The number of urea groups is 1. The summed E-state index contributed by atoms with van der Waals surface area (Å²) < 4.78 is 18.0. The topological polar surface area (TPSA) is 132 Å². The Balaban J connectivity index is 1.31. The van der Waals surface area contributed by atoms with E-state index in [1.54, 1.807) is 37.1 Å². The molecule has 4 unspecified atom stereocenters. The highest BCUT2D eigenvalue weighted by molar-refractivity contribution is 7.99. The molecule has 5 rings (SSSR count). The number of aliphatic hydroxyl groups is 1. The number of nitrogens with zero attached hydrogens (tertiary/aromatic N) is 2. The van der Waals surface area contributed by atoms with Crippen LogP contribution in [-0.2, 0) is 32.2 Å². The van der Waals surface area contributed by atoms with Gasteiger partial charge in [0.15, 0.2) is 11.4 Å². The van der Waals surface area contributed by atoms with E-state index in [0.717, 1.165) is 33.4 Å². The molecule has 1 aromatic heterocycles. The SMILES string of the molecule is CCOC(=O)CNC(=O)NCc1ccccc1-c1ccc(C2OC(CSc3ncccn3)C(C)C(c3ccc(CO)cc3)O2)cc1. The molecule has 240 valence electrons. The lowest BCUT2D eigenvalue weighted by Crippen LogP contribution is -2.38. The first-order valence-corrected chi connectivity index (χ1v) is 16.2. The van der Waals surface area contributed by atoms with Crippen LogP contribution < -0.4 is 10.6 Å². The summed E-state index contributed by atoms with van der Waals surface area (Å²) in [4.78, 5) is 32.5. The van der Waals surface area contributed by atoms with Crippen molar-refractivity contribution in [3.8, 4) is 11.1 Å². The molecule has 46 heavy (non-hydrogen) atoms. The number of hydrogen-bond acceptors (Lipinski definition) is 9. The molecule has 1 aliphatic heterocycles. The molecule has 10 nitrogen and oxygen atoms in total. The fraction of sp³-hybridized carbons (Fsp3) is 0.314. The van der Waals surface area contributed by atoms with Gasteiger partial charge in [0, 0.05) is 36.2 Å². The molecule has 0 radical (unpaired) electrons. The van der Waals surface area contributed by atoms with Gasteiger partial charge in [-0.15, -0.1) is 0 Å². The minimum absolute atomic E-state index is 0.0162. The molecule has 0 bridgehead atoms. The van der Waals surface area contributed by atoms with Crippen molar-refractivity contribution in [3.63, 3.8) is 0 Å². The van der Waals surface area contributed by atoms with Crippen LogP contribution in [0.15, 0.2) is 96.4 Å². The number of rotatable bonds is 12. The van der Waals surface area contributed by atoms with Crippen molar-refractivity contribution in [2.75, 3.05) is 18.9 Å². The van der Waals surface area contributed by atoms with E-state index in [1.807, 2.05) is 72.8 Å². The number of aliphatic hydroxyl groups excluding tert-OH is 1. The summed E-state index contributed by atoms with van der Waals surface area (Å²) in [6.45, 7) is 4.17. The molecule has 2 amide bonds. The fourth-order valence-electron chi connectivity index (χ4n) is 5.20. The van der Waals surface area contributed by atoms with Crippen LogP contribution in [0.5, 0.6) is 0 Å². The molecule has 0 saturated carbocycles. The lowest BCUT2D eigenvalue weighted by atomic mass is 9.91. The van der Waals surface area contributed by atoms with Crippen LogP contribution in [0.3, 0.4) is 0 Å². The summed E-state index contributed by atoms with van der Waals surface area (Å²) in [5.74, 6) is 0.211. The van der Waals surface area contributed by atoms with Gasteiger partial charge in [-0.25, -0.2) is 14.8 Å². The maximum absolute atomic E-state index is 12.3. The number of amides is 2. The fourth-order valence-corrected chi connectivity index (χ4v) is 6.17. The average molecular weight is 643 g/mol. The van der Waals surface area contributed by atoms with Crippen LogP contribution in [0.4, 0.5) is 4.79 Å². The van der Waals surface area contributed by atoms with Crippen molar-refractivity contribution in [3.05, 3.63) is 114 Å². The second-order valence-electron chi connectivity index (χ2n) is 10.8. The Labute approximate surface area is 272 Å². The molecule has 1 fully saturated rings. The molecule has 3 N–H and O–H groups in total. The van der Waals surface area contributed by atoms with Gasteiger partial charge in [0.2, 0.25) is 0 Å². The molecule has 1 aliphatic rings. The van der Waals surface area contributed by atoms with E-state index in [-0.39, 0.29) is 44.4 Å². The number of benzene rings is 3. The number of aromatic nitrogens is 2.